The minimum Gasteiger partial charge on any atom is -0.492 e. The van der Waals surface area contributed by atoms with Gasteiger partial charge in [0, 0.05) is 74.2 Å². The van der Waals surface area contributed by atoms with Gasteiger partial charge in [0.05, 0.1) is 13.2 Å². The lowest BCUT2D eigenvalue weighted by Gasteiger charge is -2.36. The van der Waals surface area contributed by atoms with Gasteiger partial charge in [-0.2, -0.15) is 0 Å². The van der Waals surface area contributed by atoms with Crippen molar-refractivity contribution in [3.05, 3.63) is 94.5 Å². The first kappa shape index (κ1) is 25.7. The van der Waals surface area contributed by atoms with Gasteiger partial charge in [0.2, 0.25) is 0 Å². The van der Waals surface area contributed by atoms with Crippen LogP contribution in [-0.4, -0.2) is 81.2 Å². The average molecular weight is 520 g/mol. The van der Waals surface area contributed by atoms with E-state index >= 15 is 0 Å². The van der Waals surface area contributed by atoms with Crippen molar-refractivity contribution in [1.82, 2.24) is 9.80 Å². The molecule has 0 bridgehead atoms. The van der Waals surface area contributed by atoms with Gasteiger partial charge in [0.1, 0.15) is 12.4 Å². The lowest BCUT2D eigenvalue weighted by atomic mass is 10.0. The standard InChI is InChI=1S/C30H34ClN3O3/c31-27-7-9-28(10-8-27)34-15-13-33(14-16-34)23-24-1-3-25(4-2-24)30(35)26-5-11-29(12-6-26)37-22-19-32-17-20-36-21-18-32/h1-12H,13-23H2. The summed E-state index contributed by atoms with van der Waals surface area (Å²) in [5.41, 5.74) is 3.82. The molecule has 2 saturated heterocycles. The number of rotatable bonds is 9. The van der Waals surface area contributed by atoms with Crippen molar-refractivity contribution in [2.75, 3.05) is 70.5 Å². The number of carbonyl (C=O) groups is 1. The molecule has 0 amide bonds. The molecule has 0 atom stereocenters. The van der Waals surface area contributed by atoms with Gasteiger partial charge in [0.15, 0.2) is 5.78 Å². The summed E-state index contributed by atoms with van der Waals surface area (Å²) in [4.78, 5) is 20.2. The Bertz CT molecular complexity index is 1140. The first-order valence-electron chi connectivity index (χ1n) is 13.0. The van der Waals surface area contributed by atoms with Gasteiger partial charge in [-0.25, -0.2) is 0 Å². The number of nitrogens with zero attached hydrogens (tertiary/aromatic N) is 3. The largest absolute Gasteiger partial charge is 0.492 e. The lowest BCUT2D eigenvalue weighted by molar-refractivity contribution is 0.0322. The van der Waals surface area contributed by atoms with E-state index in [1.54, 1.807) is 0 Å². The van der Waals surface area contributed by atoms with E-state index in [1.165, 1.54) is 11.3 Å². The predicted octanol–water partition coefficient (Wildman–Crippen LogP) is 4.60. The Morgan fingerprint density at radius 2 is 1.38 bits per heavy atom. The van der Waals surface area contributed by atoms with Crippen molar-refractivity contribution in [1.29, 1.82) is 0 Å². The second-order valence-corrected chi connectivity index (χ2v) is 10.0. The molecule has 7 heteroatoms. The molecule has 2 aliphatic heterocycles. The van der Waals surface area contributed by atoms with E-state index < -0.39 is 0 Å². The zero-order valence-corrected chi connectivity index (χ0v) is 21.9. The van der Waals surface area contributed by atoms with Gasteiger partial charge in [-0.15, -0.1) is 0 Å². The third kappa shape index (κ3) is 7.11. The molecule has 37 heavy (non-hydrogen) atoms. The summed E-state index contributed by atoms with van der Waals surface area (Å²) in [6, 6.07) is 23.5. The summed E-state index contributed by atoms with van der Waals surface area (Å²) in [5.74, 6) is 0.819. The molecule has 0 unspecified atom stereocenters. The minimum atomic E-state index is 0.0306. The van der Waals surface area contributed by atoms with Gasteiger partial charge in [-0.3, -0.25) is 14.6 Å². The summed E-state index contributed by atoms with van der Waals surface area (Å²) < 4.78 is 11.2. The third-order valence-corrected chi connectivity index (χ3v) is 7.33. The first-order valence-corrected chi connectivity index (χ1v) is 13.4. The highest BCUT2D eigenvalue weighted by Crippen LogP contribution is 2.21. The fraction of sp³-hybridized carbons (Fsp3) is 0.367. The fourth-order valence-electron chi connectivity index (χ4n) is 4.82. The summed E-state index contributed by atoms with van der Waals surface area (Å²) in [5, 5.41) is 0.769. The molecule has 6 nitrogen and oxygen atoms in total. The number of ether oxygens (including phenoxy) is 2. The third-order valence-electron chi connectivity index (χ3n) is 7.08. The van der Waals surface area contributed by atoms with Crippen LogP contribution in [0.4, 0.5) is 5.69 Å². The van der Waals surface area contributed by atoms with Crippen LogP contribution in [0.1, 0.15) is 21.5 Å². The van der Waals surface area contributed by atoms with Gasteiger partial charge in [-0.1, -0.05) is 35.9 Å². The lowest BCUT2D eigenvalue weighted by Crippen LogP contribution is -2.45. The highest BCUT2D eigenvalue weighted by molar-refractivity contribution is 6.30. The van der Waals surface area contributed by atoms with Crippen LogP contribution in [0.25, 0.3) is 0 Å². The number of morpholine rings is 1. The Balaban J connectivity index is 1.08. The zero-order valence-electron chi connectivity index (χ0n) is 21.2. The number of carbonyl (C=O) groups excluding carboxylic acids is 1. The normalized spacial score (nSPS) is 17.1. The molecule has 194 valence electrons. The maximum atomic E-state index is 13.0. The molecule has 2 fully saturated rings. The number of halogens is 1. The second kappa shape index (κ2) is 12.6. The molecule has 0 spiro atoms. The number of benzene rings is 3. The van der Waals surface area contributed by atoms with Crippen LogP contribution in [0.3, 0.4) is 0 Å². The van der Waals surface area contributed by atoms with Crippen LogP contribution in [0.15, 0.2) is 72.8 Å². The Morgan fingerprint density at radius 1 is 0.757 bits per heavy atom. The number of piperazine rings is 1. The van der Waals surface area contributed by atoms with Crippen LogP contribution in [0, 0.1) is 0 Å². The van der Waals surface area contributed by atoms with E-state index in [9.17, 15) is 4.79 Å². The molecule has 0 radical (unpaired) electrons. The summed E-state index contributed by atoms with van der Waals surface area (Å²) in [6.45, 7) is 9.89. The molecule has 3 aromatic rings. The first-order chi connectivity index (χ1) is 18.1. The van der Waals surface area contributed by atoms with E-state index in [-0.39, 0.29) is 5.78 Å². The van der Waals surface area contributed by atoms with Crippen LogP contribution in [-0.2, 0) is 11.3 Å². The molecule has 0 N–H and O–H groups in total. The molecule has 0 saturated carbocycles. The quantitative estimate of drug-likeness (QED) is 0.385. The number of ketones is 1. The molecule has 2 heterocycles. The highest BCUT2D eigenvalue weighted by atomic mass is 35.5. The van der Waals surface area contributed by atoms with Crippen molar-refractivity contribution >= 4 is 23.1 Å². The number of hydrogen-bond acceptors (Lipinski definition) is 6. The molecule has 2 aliphatic rings. The predicted molar refractivity (Wildman–Crippen MR) is 148 cm³/mol. The zero-order chi connectivity index (χ0) is 25.5. The van der Waals surface area contributed by atoms with Crippen molar-refractivity contribution in [2.45, 2.75) is 6.54 Å². The van der Waals surface area contributed by atoms with Gasteiger partial charge in [-0.05, 0) is 54.1 Å². The van der Waals surface area contributed by atoms with Crippen LogP contribution in [0.2, 0.25) is 5.02 Å². The average Bonchev–Trinajstić information content (AvgIpc) is 2.95. The van der Waals surface area contributed by atoms with Gasteiger partial charge < -0.3 is 14.4 Å². The smallest absolute Gasteiger partial charge is 0.193 e. The molecule has 5 rings (SSSR count). The minimum absolute atomic E-state index is 0.0306. The van der Waals surface area contributed by atoms with Crippen molar-refractivity contribution in [3.8, 4) is 5.75 Å². The molecule has 3 aromatic carbocycles. The highest BCUT2D eigenvalue weighted by Gasteiger charge is 2.18. The Hall–Kier alpha value is -2.90. The van der Waals surface area contributed by atoms with Crippen molar-refractivity contribution in [3.63, 3.8) is 0 Å². The van der Waals surface area contributed by atoms with E-state index in [2.05, 4.69) is 39.0 Å². The number of anilines is 1. The second-order valence-electron chi connectivity index (χ2n) is 9.59. The van der Waals surface area contributed by atoms with Crippen molar-refractivity contribution in [2.24, 2.45) is 0 Å². The number of hydrogen-bond donors (Lipinski definition) is 0. The Kier molecular flexibility index (Phi) is 8.74. The van der Waals surface area contributed by atoms with Crippen LogP contribution < -0.4 is 9.64 Å². The van der Waals surface area contributed by atoms with E-state index in [1.807, 2.05) is 48.5 Å². The van der Waals surface area contributed by atoms with E-state index in [0.717, 1.165) is 76.3 Å². The van der Waals surface area contributed by atoms with Gasteiger partial charge >= 0.3 is 0 Å². The molecule has 0 aliphatic carbocycles. The Morgan fingerprint density at radius 3 is 2.03 bits per heavy atom. The molecule has 0 aromatic heterocycles. The monoisotopic (exact) mass is 519 g/mol. The Labute approximate surface area is 224 Å². The van der Waals surface area contributed by atoms with Crippen LogP contribution >= 0.6 is 11.6 Å². The molecular formula is C30H34ClN3O3. The van der Waals surface area contributed by atoms with Crippen molar-refractivity contribution < 1.29 is 14.3 Å². The fourth-order valence-corrected chi connectivity index (χ4v) is 4.95. The molecular weight excluding hydrogens is 486 g/mol. The summed E-state index contributed by atoms with van der Waals surface area (Å²) >= 11 is 6.02. The maximum Gasteiger partial charge on any atom is 0.193 e. The SMILES string of the molecule is O=C(c1ccc(CN2CCN(c3ccc(Cl)cc3)CC2)cc1)c1ccc(OCCN2CCOCC2)cc1. The van der Waals surface area contributed by atoms with E-state index in [0.29, 0.717) is 17.7 Å². The maximum absolute atomic E-state index is 13.0. The van der Waals surface area contributed by atoms with E-state index in [4.69, 9.17) is 21.1 Å². The topological polar surface area (TPSA) is 45.2 Å². The summed E-state index contributed by atoms with van der Waals surface area (Å²) in [6.07, 6.45) is 0. The summed E-state index contributed by atoms with van der Waals surface area (Å²) in [7, 11) is 0. The van der Waals surface area contributed by atoms with Gasteiger partial charge in [0.25, 0.3) is 0 Å². The van der Waals surface area contributed by atoms with Crippen LogP contribution in [0.5, 0.6) is 5.75 Å².